The number of anilines is 3. The molecule has 0 saturated carbocycles. The molecule has 0 atom stereocenters. The van der Waals surface area contributed by atoms with Crippen molar-refractivity contribution >= 4 is 44.6 Å². The average Bonchev–Trinajstić information content (AvgIpc) is 2.96. The van der Waals surface area contributed by atoms with E-state index in [2.05, 4.69) is 4.98 Å². The van der Waals surface area contributed by atoms with Gasteiger partial charge in [0.15, 0.2) is 5.69 Å². The molecule has 0 bridgehead atoms. The zero-order valence-corrected chi connectivity index (χ0v) is 13.7. The molecule has 0 aliphatic carbocycles. The van der Waals surface area contributed by atoms with E-state index in [1.165, 1.54) is 5.51 Å². The maximum absolute atomic E-state index is 11.7. The van der Waals surface area contributed by atoms with Gasteiger partial charge in [0.2, 0.25) is 10.9 Å². The summed E-state index contributed by atoms with van der Waals surface area (Å²) in [7, 11) is -1.17. The number of fused-ring (bicyclic) bond motifs is 1. The Hall–Kier alpha value is -2.33. The number of carbonyl (C=O) groups is 1. The van der Waals surface area contributed by atoms with Gasteiger partial charge in [-0.25, -0.2) is 22.5 Å². The van der Waals surface area contributed by atoms with Crippen molar-refractivity contribution < 1.29 is 23.1 Å². The van der Waals surface area contributed by atoms with Gasteiger partial charge in [-0.2, -0.15) is 0 Å². The molecule has 0 amide bonds. The largest absolute Gasteiger partial charge is 0.489 e. The maximum atomic E-state index is 11.7. The van der Waals surface area contributed by atoms with Gasteiger partial charge in [0.1, 0.15) is 17.4 Å². The Kier molecular flexibility index (Phi) is 4.09. The van der Waals surface area contributed by atoms with Crippen LogP contribution in [0, 0.1) is 0 Å². The van der Waals surface area contributed by atoms with Crippen molar-refractivity contribution in [3.8, 4) is 5.75 Å². The number of aromatic carboxylic acids is 1. The molecule has 0 radical (unpaired) electrons. The highest BCUT2D eigenvalue weighted by Gasteiger charge is 2.24. The lowest BCUT2D eigenvalue weighted by Gasteiger charge is -2.28. The van der Waals surface area contributed by atoms with Crippen LogP contribution in [0.25, 0.3) is 0 Å². The highest BCUT2D eigenvalue weighted by atomic mass is 32.2. The van der Waals surface area contributed by atoms with Crippen LogP contribution < -0.4 is 13.9 Å². The Labute approximate surface area is 137 Å². The molecule has 122 valence electrons. The Morgan fingerprint density at radius 3 is 2.96 bits per heavy atom. The summed E-state index contributed by atoms with van der Waals surface area (Å²) in [5, 5.41) is 9.19. The second-order valence-corrected chi connectivity index (χ2v) is 6.49. The number of thiazole rings is 1. The van der Waals surface area contributed by atoms with Crippen LogP contribution >= 0.6 is 11.3 Å². The third kappa shape index (κ3) is 2.82. The van der Waals surface area contributed by atoms with Crippen molar-refractivity contribution in [2.75, 3.05) is 29.4 Å². The van der Waals surface area contributed by atoms with E-state index in [1.54, 1.807) is 18.2 Å². The third-order valence-electron chi connectivity index (χ3n) is 3.39. The lowest BCUT2D eigenvalue weighted by atomic mass is 10.2. The number of nitrogens with zero attached hydrogens (tertiary/aromatic N) is 3. The highest BCUT2D eigenvalue weighted by molar-refractivity contribution is 7.74. The summed E-state index contributed by atoms with van der Waals surface area (Å²) in [5.41, 5.74) is 2.16. The van der Waals surface area contributed by atoms with E-state index in [4.69, 9.17) is 9.84 Å². The SMILES string of the molecule is CN1CCOc2cc(N(c3scnc3C(=O)O)[SH](=O)=O)ccc21. The molecular weight excluding hydrogens is 342 g/mol. The summed E-state index contributed by atoms with van der Waals surface area (Å²) < 4.78 is 29.9. The fourth-order valence-corrected chi connectivity index (χ4v) is 3.91. The van der Waals surface area contributed by atoms with Crippen LogP contribution in [0.15, 0.2) is 23.7 Å². The smallest absolute Gasteiger partial charge is 0.357 e. The second-order valence-electron chi connectivity index (χ2n) is 4.78. The summed E-state index contributed by atoms with van der Waals surface area (Å²) in [5.74, 6) is -0.725. The Morgan fingerprint density at radius 1 is 1.48 bits per heavy atom. The zero-order valence-electron chi connectivity index (χ0n) is 12.0. The number of benzene rings is 1. The molecule has 10 heteroatoms. The Bertz CT molecular complexity index is 825. The Balaban J connectivity index is 2.09. The Morgan fingerprint density at radius 2 is 2.26 bits per heavy atom. The van der Waals surface area contributed by atoms with Crippen LogP contribution in [-0.4, -0.2) is 44.7 Å². The summed E-state index contributed by atoms with van der Waals surface area (Å²) in [4.78, 5) is 16.9. The van der Waals surface area contributed by atoms with E-state index in [1.807, 2.05) is 11.9 Å². The molecule has 0 unspecified atom stereocenters. The van der Waals surface area contributed by atoms with E-state index >= 15 is 0 Å². The normalized spacial score (nSPS) is 13.6. The highest BCUT2D eigenvalue weighted by Crippen LogP contribution is 2.38. The predicted octanol–water partition coefficient (Wildman–Crippen LogP) is 1.33. The van der Waals surface area contributed by atoms with Crippen molar-refractivity contribution in [2.24, 2.45) is 0 Å². The van der Waals surface area contributed by atoms with E-state index in [0.717, 1.165) is 27.9 Å². The van der Waals surface area contributed by atoms with E-state index in [0.29, 0.717) is 18.0 Å². The minimum absolute atomic E-state index is 0.0396. The average molecular weight is 355 g/mol. The van der Waals surface area contributed by atoms with Gasteiger partial charge in [-0.1, -0.05) is 0 Å². The summed E-state index contributed by atoms with van der Waals surface area (Å²) >= 11 is 0.946. The molecule has 0 saturated heterocycles. The number of likely N-dealkylation sites (N-methyl/N-ethyl adjacent to an activating group) is 1. The van der Waals surface area contributed by atoms with Crippen LogP contribution in [0.4, 0.5) is 16.4 Å². The van der Waals surface area contributed by atoms with Crippen LogP contribution in [-0.2, 0) is 10.9 Å². The standard InChI is InChI=1S/C13H13N3O5S2/c1-15-4-5-21-10-6-8(2-3-9(10)15)16(23(19)20)12-11(13(17)18)14-7-22-12/h2-3,6-7,23H,4-5H2,1H3,(H,17,18). The fourth-order valence-electron chi connectivity index (χ4n) is 2.30. The van der Waals surface area contributed by atoms with E-state index < -0.39 is 16.9 Å². The second kappa shape index (κ2) is 6.05. The zero-order chi connectivity index (χ0) is 16.6. The molecule has 23 heavy (non-hydrogen) atoms. The first-order valence-electron chi connectivity index (χ1n) is 6.58. The third-order valence-corrected chi connectivity index (χ3v) is 5.09. The summed E-state index contributed by atoms with van der Waals surface area (Å²) in [6, 6.07) is 4.94. The minimum atomic E-state index is -3.08. The first kappa shape index (κ1) is 15.6. The molecule has 1 N–H and O–H groups in total. The lowest BCUT2D eigenvalue weighted by molar-refractivity contribution is 0.0692. The first-order valence-corrected chi connectivity index (χ1v) is 8.59. The van der Waals surface area contributed by atoms with Crippen molar-refractivity contribution in [1.82, 2.24) is 4.98 Å². The van der Waals surface area contributed by atoms with Crippen molar-refractivity contribution in [3.63, 3.8) is 0 Å². The number of rotatable bonds is 4. The molecule has 0 spiro atoms. The van der Waals surface area contributed by atoms with Crippen LogP contribution in [0.1, 0.15) is 10.5 Å². The van der Waals surface area contributed by atoms with Crippen molar-refractivity contribution in [1.29, 1.82) is 0 Å². The number of thiol groups is 1. The molecule has 8 nitrogen and oxygen atoms in total. The van der Waals surface area contributed by atoms with Crippen molar-refractivity contribution in [3.05, 3.63) is 29.4 Å². The van der Waals surface area contributed by atoms with Crippen LogP contribution in [0.5, 0.6) is 5.75 Å². The van der Waals surface area contributed by atoms with Crippen LogP contribution in [0.2, 0.25) is 0 Å². The van der Waals surface area contributed by atoms with Gasteiger partial charge in [-0.15, -0.1) is 11.3 Å². The van der Waals surface area contributed by atoms with Gasteiger partial charge < -0.3 is 14.7 Å². The first-order chi connectivity index (χ1) is 11.0. The molecule has 1 aliphatic rings. The molecule has 2 aromatic rings. The van der Waals surface area contributed by atoms with Gasteiger partial charge >= 0.3 is 5.97 Å². The number of hydrogen-bond acceptors (Lipinski definition) is 7. The summed E-state index contributed by atoms with van der Waals surface area (Å²) in [6.45, 7) is 1.24. The fraction of sp³-hybridized carbons (Fsp3) is 0.231. The van der Waals surface area contributed by atoms with Gasteiger partial charge in [-0.3, -0.25) is 0 Å². The van der Waals surface area contributed by atoms with Crippen molar-refractivity contribution in [2.45, 2.75) is 0 Å². The molecule has 0 fully saturated rings. The maximum Gasteiger partial charge on any atom is 0.357 e. The summed E-state index contributed by atoms with van der Waals surface area (Å²) in [6.07, 6.45) is 0. The molecule has 1 aromatic heterocycles. The van der Waals surface area contributed by atoms with Crippen LogP contribution in [0.3, 0.4) is 0 Å². The van der Waals surface area contributed by atoms with Gasteiger partial charge in [-0.05, 0) is 12.1 Å². The number of aromatic nitrogens is 1. The number of hydrogen-bond donors (Lipinski definition) is 2. The molecular formula is C13H13N3O5S2. The molecule has 3 rings (SSSR count). The van der Waals surface area contributed by atoms with Gasteiger partial charge in [0, 0.05) is 13.1 Å². The topological polar surface area (TPSA) is 100 Å². The monoisotopic (exact) mass is 355 g/mol. The lowest BCUT2D eigenvalue weighted by Crippen LogP contribution is -2.29. The molecule has 2 heterocycles. The number of carboxylic acid groups (broad SMARTS) is 1. The van der Waals surface area contributed by atoms with E-state index in [-0.39, 0.29) is 10.7 Å². The molecule has 1 aliphatic heterocycles. The van der Waals surface area contributed by atoms with E-state index in [9.17, 15) is 13.2 Å². The number of ether oxygens (including phenoxy) is 1. The van der Waals surface area contributed by atoms with Gasteiger partial charge in [0.25, 0.3) is 0 Å². The van der Waals surface area contributed by atoms with Gasteiger partial charge in [0.05, 0.1) is 23.4 Å². The molecule has 1 aromatic carbocycles. The predicted molar refractivity (Wildman–Crippen MR) is 86.7 cm³/mol. The minimum Gasteiger partial charge on any atom is -0.489 e. The number of carboxylic acids is 1. The quantitative estimate of drug-likeness (QED) is 0.798.